The minimum absolute atomic E-state index is 0.0893. The lowest BCUT2D eigenvalue weighted by Crippen LogP contribution is -2.18. The number of benzene rings is 2. The Kier molecular flexibility index (Phi) is 4.65. The van der Waals surface area contributed by atoms with Gasteiger partial charge in [-0.2, -0.15) is 0 Å². The predicted molar refractivity (Wildman–Crippen MR) is 83.5 cm³/mol. The van der Waals surface area contributed by atoms with Crippen molar-refractivity contribution in [3.63, 3.8) is 0 Å². The quantitative estimate of drug-likeness (QED) is 0.801. The Morgan fingerprint density at radius 2 is 1.78 bits per heavy atom. The number of nitrogens with one attached hydrogen (secondary N) is 1. The van der Waals surface area contributed by atoms with Gasteiger partial charge in [0, 0.05) is 11.3 Å². The standard InChI is InChI=1S/C15H14N2O5S/c1-22-15(19)12-7-2-3-8-13(12)23(20,21)17-11-6-4-5-10(9-11)14(16)18/h2-9,17H,1H3,(H2,16,18). The number of esters is 1. The summed E-state index contributed by atoms with van der Waals surface area (Å²) in [4.78, 5) is 22.6. The number of rotatable bonds is 5. The van der Waals surface area contributed by atoms with Gasteiger partial charge in [-0.1, -0.05) is 18.2 Å². The van der Waals surface area contributed by atoms with Crippen molar-refractivity contribution < 1.29 is 22.7 Å². The second-order valence-electron chi connectivity index (χ2n) is 4.54. The maximum atomic E-state index is 12.5. The summed E-state index contributed by atoms with van der Waals surface area (Å²) in [5, 5.41) is 0. The molecule has 8 heteroatoms. The number of hydrogen-bond donors (Lipinski definition) is 2. The molecule has 0 spiro atoms. The summed E-state index contributed by atoms with van der Waals surface area (Å²) in [6, 6.07) is 11.4. The third-order valence-corrected chi connectivity index (χ3v) is 4.42. The Morgan fingerprint density at radius 3 is 2.43 bits per heavy atom. The Hall–Kier alpha value is -2.87. The number of nitrogens with two attached hydrogens (primary N) is 1. The van der Waals surface area contributed by atoms with E-state index in [2.05, 4.69) is 9.46 Å². The molecule has 0 fully saturated rings. The van der Waals surface area contributed by atoms with Crippen LogP contribution in [0.3, 0.4) is 0 Å². The van der Waals surface area contributed by atoms with Crippen molar-refractivity contribution in [2.24, 2.45) is 5.73 Å². The van der Waals surface area contributed by atoms with E-state index in [1.807, 2.05) is 0 Å². The van der Waals surface area contributed by atoms with Gasteiger partial charge in [0.25, 0.3) is 10.0 Å². The smallest absolute Gasteiger partial charge is 0.339 e. The highest BCUT2D eigenvalue weighted by Gasteiger charge is 2.22. The maximum Gasteiger partial charge on any atom is 0.339 e. The van der Waals surface area contributed by atoms with Gasteiger partial charge in [-0.3, -0.25) is 9.52 Å². The average molecular weight is 334 g/mol. The first-order chi connectivity index (χ1) is 10.8. The Morgan fingerprint density at radius 1 is 1.09 bits per heavy atom. The predicted octanol–water partition coefficient (Wildman–Crippen LogP) is 1.37. The van der Waals surface area contributed by atoms with E-state index in [0.717, 1.165) is 7.11 Å². The molecule has 0 atom stereocenters. The Balaban J connectivity index is 2.42. The van der Waals surface area contributed by atoms with Gasteiger partial charge in [0.1, 0.15) is 4.90 Å². The molecule has 1 amide bonds. The number of ether oxygens (including phenoxy) is 1. The summed E-state index contributed by atoms with van der Waals surface area (Å²) in [5.41, 5.74) is 5.39. The third kappa shape index (κ3) is 3.67. The molecule has 2 rings (SSSR count). The van der Waals surface area contributed by atoms with Crippen molar-refractivity contribution in [3.05, 3.63) is 59.7 Å². The van der Waals surface area contributed by atoms with Crippen molar-refractivity contribution in [1.29, 1.82) is 0 Å². The van der Waals surface area contributed by atoms with Crippen LogP contribution >= 0.6 is 0 Å². The zero-order valence-corrected chi connectivity index (χ0v) is 13.0. The van der Waals surface area contributed by atoms with Crippen LogP contribution in [0, 0.1) is 0 Å². The normalized spacial score (nSPS) is 10.8. The van der Waals surface area contributed by atoms with Crippen LogP contribution in [0.15, 0.2) is 53.4 Å². The number of hydrogen-bond acceptors (Lipinski definition) is 5. The van der Waals surface area contributed by atoms with Gasteiger partial charge in [0.05, 0.1) is 12.7 Å². The molecule has 0 aliphatic carbocycles. The lowest BCUT2D eigenvalue weighted by Gasteiger charge is -2.11. The highest BCUT2D eigenvalue weighted by molar-refractivity contribution is 7.92. The number of amides is 1. The fourth-order valence-corrected chi connectivity index (χ4v) is 3.17. The Bertz CT molecular complexity index is 862. The first-order valence-corrected chi connectivity index (χ1v) is 7.93. The molecule has 0 aliphatic rings. The number of carbonyl (C=O) groups is 2. The summed E-state index contributed by atoms with van der Waals surface area (Å²) >= 11 is 0. The van der Waals surface area contributed by atoms with Gasteiger partial charge in [-0.05, 0) is 30.3 Å². The molecule has 0 bridgehead atoms. The van der Waals surface area contributed by atoms with E-state index in [0.29, 0.717) is 0 Å². The van der Waals surface area contributed by atoms with E-state index in [-0.39, 0.29) is 21.7 Å². The average Bonchev–Trinajstić information content (AvgIpc) is 2.54. The van der Waals surface area contributed by atoms with Crippen LogP contribution in [-0.4, -0.2) is 27.4 Å². The van der Waals surface area contributed by atoms with Gasteiger partial charge in [0.15, 0.2) is 0 Å². The van der Waals surface area contributed by atoms with Crippen LogP contribution in [0.5, 0.6) is 0 Å². The topological polar surface area (TPSA) is 116 Å². The molecule has 0 aromatic heterocycles. The number of carbonyl (C=O) groups excluding carboxylic acids is 2. The van der Waals surface area contributed by atoms with Crippen LogP contribution in [0.25, 0.3) is 0 Å². The number of sulfonamides is 1. The highest BCUT2D eigenvalue weighted by atomic mass is 32.2. The van der Waals surface area contributed by atoms with E-state index >= 15 is 0 Å². The molecule has 23 heavy (non-hydrogen) atoms. The van der Waals surface area contributed by atoms with Crippen molar-refractivity contribution in [1.82, 2.24) is 0 Å². The molecule has 7 nitrogen and oxygen atoms in total. The maximum absolute atomic E-state index is 12.5. The molecule has 3 N–H and O–H groups in total. The van der Waals surface area contributed by atoms with Crippen molar-refractivity contribution in [2.75, 3.05) is 11.8 Å². The van der Waals surface area contributed by atoms with E-state index in [9.17, 15) is 18.0 Å². The van der Waals surface area contributed by atoms with Crippen LogP contribution in [-0.2, 0) is 14.8 Å². The highest BCUT2D eigenvalue weighted by Crippen LogP contribution is 2.21. The second-order valence-corrected chi connectivity index (χ2v) is 6.19. The molecule has 0 radical (unpaired) electrons. The van der Waals surface area contributed by atoms with Crippen LogP contribution in [0.2, 0.25) is 0 Å². The lowest BCUT2D eigenvalue weighted by molar-refractivity contribution is 0.0596. The van der Waals surface area contributed by atoms with Gasteiger partial charge < -0.3 is 10.5 Å². The zero-order chi connectivity index (χ0) is 17.0. The summed E-state index contributed by atoms with van der Waals surface area (Å²) < 4.78 is 31.9. The molecule has 0 aliphatic heterocycles. The van der Waals surface area contributed by atoms with E-state index in [4.69, 9.17) is 5.73 Å². The fraction of sp³-hybridized carbons (Fsp3) is 0.0667. The molecule has 0 saturated carbocycles. The van der Waals surface area contributed by atoms with E-state index in [1.54, 1.807) is 0 Å². The van der Waals surface area contributed by atoms with Gasteiger partial charge in [-0.15, -0.1) is 0 Å². The first kappa shape index (κ1) is 16.5. The van der Waals surface area contributed by atoms with E-state index in [1.165, 1.54) is 48.5 Å². The molecule has 0 saturated heterocycles. The first-order valence-electron chi connectivity index (χ1n) is 6.45. The van der Waals surface area contributed by atoms with Crippen LogP contribution in [0.1, 0.15) is 20.7 Å². The summed E-state index contributed by atoms with van der Waals surface area (Å²) in [6.45, 7) is 0. The van der Waals surface area contributed by atoms with Gasteiger partial charge >= 0.3 is 5.97 Å². The molecule has 2 aromatic carbocycles. The number of anilines is 1. The lowest BCUT2D eigenvalue weighted by atomic mass is 10.2. The molecule has 120 valence electrons. The van der Waals surface area contributed by atoms with Crippen molar-refractivity contribution >= 4 is 27.6 Å². The summed E-state index contributed by atoms with van der Waals surface area (Å²) in [6.07, 6.45) is 0. The molecular formula is C15H14N2O5S. The van der Waals surface area contributed by atoms with Crippen LogP contribution < -0.4 is 10.5 Å². The third-order valence-electron chi connectivity index (χ3n) is 2.98. The van der Waals surface area contributed by atoms with Gasteiger partial charge in [0.2, 0.25) is 5.91 Å². The molecule has 0 unspecified atom stereocenters. The van der Waals surface area contributed by atoms with Gasteiger partial charge in [-0.25, -0.2) is 13.2 Å². The monoisotopic (exact) mass is 334 g/mol. The summed E-state index contributed by atoms with van der Waals surface area (Å²) in [7, 11) is -2.88. The Labute approximate surface area is 133 Å². The van der Waals surface area contributed by atoms with Crippen molar-refractivity contribution in [3.8, 4) is 0 Å². The SMILES string of the molecule is COC(=O)c1ccccc1S(=O)(=O)Nc1cccc(C(N)=O)c1. The minimum atomic E-state index is -4.04. The fourth-order valence-electron chi connectivity index (χ4n) is 1.93. The second kappa shape index (κ2) is 6.49. The number of primary amides is 1. The number of methoxy groups -OCH3 is 1. The largest absolute Gasteiger partial charge is 0.465 e. The minimum Gasteiger partial charge on any atom is -0.465 e. The van der Waals surface area contributed by atoms with E-state index < -0.39 is 21.9 Å². The van der Waals surface area contributed by atoms with Crippen LogP contribution in [0.4, 0.5) is 5.69 Å². The molecule has 2 aromatic rings. The zero-order valence-electron chi connectivity index (χ0n) is 12.1. The molecule has 0 heterocycles. The van der Waals surface area contributed by atoms with Crippen molar-refractivity contribution in [2.45, 2.75) is 4.90 Å². The molecular weight excluding hydrogens is 320 g/mol. The summed E-state index contributed by atoms with van der Waals surface area (Å²) in [5.74, 6) is -1.45.